The van der Waals surface area contributed by atoms with E-state index in [-0.39, 0.29) is 0 Å². The number of nitrogens with one attached hydrogen (secondary N) is 1. The van der Waals surface area contributed by atoms with Crippen LogP contribution in [-0.4, -0.2) is 25.1 Å². The van der Waals surface area contributed by atoms with Gasteiger partial charge in [0, 0.05) is 0 Å². The molecule has 2 rings (SSSR count). The van der Waals surface area contributed by atoms with Crippen molar-refractivity contribution in [3.63, 3.8) is 0 Å². The van der Waals surface area contributed by atoms with Gasteiger partial charge in [-0.15, -0.1) is 0 Å². The molecule has 0 unspecified atom stereocenters. The quantitative estimate of drug-likeness (QED) is 0.691. The van der Waals surface area contributed by atoms with Crippen LogP contribution in [0.4, 0.5) is 5.69 Å². The van der Waals surface area contributed by atoms with Crippen molar-refractivity contribution in [2.24, 2.45) is 5.92 Å². The van der Waals surface area contributed by atoms with Gasteiger partial charge in [-0.05, 0) is 55.2 Å². The SMILES string of the molecule is Cc1cc(C)c(NC(=O)COC(=O)c2cccc(OCC(C)C)c2)c(Cl)c1. The van der Waals surface area contributed by atoms with E-state index in [1.165, 1.54) is 0 Å². The van der Waals surface area contributed by atoms with Crippen molar-refractivity contribution in [3.05, 3.63) is 58.1 Å². The maximum atomic E-state index is 12.2. The van der Waals surface area contributed by atoms with Crippen LogP contribution in [0.3, 0.4) is 0 Å². The Hall–Kier alpha value is -2.53. The summed E-state index contributed by atoms with van der Waals surface area (Å²) >= 11 is 6.17. The van der Waals surface area contributed by atoms with Gasteiger partial charge in [0.1, 0.15) is 5.75 Å². The number of amides is 1. The highest BCUT2D eigenvalue weighted by atomic mass is 35.5. The molecule has 0 aliphatic carbocycles. The second-order valence-corrected chi connectivity index (χ2v) is 7.20. The lowest BCUT2D eigenvalue weighted by Crippen LogP contribution is -2.21. The fourth-order valence-corrected chi connectivity index (χ4v) is 2.81. The molecule has 0 atom stereocenters. The number of rotatable bonds is 7. The highest BCUT2D eigenvalue weighted by Crippen LogP contribution is 2.27. The average molecular weight is 390 g/mol. The zero-order chi connectivity index (χ0) is 20.0. The maximum absolute atomic E-state index is 12.2. The Bertz CT molecular complexity index is 810. The minimum atomic E-state index is -0.591. The molecule has 0 aromatic heterocycles. The van der Waals surface area contributed by atoms with E-state index in [4.69, 9.17) is 21.1 Å². The van der Waals surface area contributed by atoms with E-state index in [0.29, 0.717) is 34.5 Å². The van der Waals surface area contributed by atoms with Crippen LogP contribution >= 0.6 is 11.6 Å². The molecule has 0 saturated heterocycles. The third-order valence-corrected chi connectivity index (χ3v) is 3.98. The zero-order valence-electron chi connectivity index (χ0n) is 16.0. The number of aryl methyl sites for hydroxylation is 2. The smallest absolute Gasteiger partial charge is 0.338 e. The third-order valence-electron chi connectivity index (χ3n) is 3.68. The van der Waals surface area contributed by atoms with Gasteiger partial charge in [-0.1, -0.05) is 37.6 Å². The van der Waals surface area contributed by atoms with Crippen LogP contribution in [0.25, 0.3) is 0 Å². The van der Waals surface area contributed by atoms with E-state index in [1.54, 1.807) is 30.3 Å². The minimum absolute atomic E-state index is 0.327. The normalized spacial score (nSPS) is 10.6. The first-order chi connectivity index (χ1) is 12.8. The van der Waals surface area contributed by atoms with Gasteiger partial charge >= 0.3 is 5.97 Å². The lowest BCUT2D eigenvalue weighted by atomic mass is 10.1. The fourth-order valence-electron chi connectivity index (χ4n) is 2.44. The van der Waals surface area contributed by atoms with E-state index in [0.717, 1.165) is 11.1 Å². The number of esters is 1. The Balaban J connectivity index is 1.93. The first-order valence-electron chi connectivity index (χ1n) is 8.73. The Kier molecular flexibility index (Phi) is 7.25. The van der Waals surface area contributed by atoms with Crippen LogP contribution in [-0.2, 0) is 9.53 Å². The number of benzene rings is 2. The lowest BCUT2D eigenvalue weighted by Gasteiger charge is -2.12. The molecule has 0 radical (unpaired) electrons. The van der Waals surface area contributed by atoms with E-state index in [2.05, 4.69) is 5.32 Å². The summed E-state index contributed by atoms with van der Waals surface area (Å²) in [5, 5.41) is 3.13. The van der Waals surface area contributed by atoms with E-state index in [9.17, 15) is 9.59 Å². The summed E-state index contributed by atoms with van der Waals surface area (Å²) in [6, 6.07) is 10.4. The summed E-state index contributed by atoms with van der Waals surface area (Å²) < 4.78 is 10.7. The van der Waals surface area contributed by atoms with E-state index < -0.39 is 18.5 Å². The molecule has 0 aliphatic rings. The minimum Gasteiger partial charge on any atom is -0.493 e. The van der Waals surface area contributed by atoms with Crippen LogP contribution in [0, 0.1) is 19.8 Å². The molecule has 144 valence electrons. The van der Waals surface area contributed by atoms with Crippen LogP contribution in [0.15, 0.2) is 36.4 Å². The van der Waals surface area contributed by atoms with E-state index >= 15 is 0 Å². The molecule has 0 aliphatic heterocycles. The van der Waals surface area contributed by atoms with Gasteiger partial charge in [0.2, 0.25) is 0 Å². The first kappa shape index (κ1) is 20.8. The van der Waals surface area contributed by atoms with Crippen molar-refractivity contribution in [2.45, 2.75) is 27.7 Å². The highest BCUT2D eigenvalue weighted by Gasteiger charge is 2.14. The molecule has 27 heavy (non-hydrogen) atoms. The van der Waals surface area contributed by atoms with Crippen LogP contribution in [0.2, 0.25) is 5.02 Å². The summed E-state index contributed by atoms with van der Waals surface area (Å²) in [5.74, 6) is -0.0812. The summed E-state index contributed by atoms with van der Waals surface area (Å²) in [7, 11) is 0. The topological polar surface area (TPSA) is 64.6 Å². The Morgan fingerprint density at radius 3 is 2.56 bits per heavy atom. The summed E-state index contributed by atoms with van der Waals surface area (Å²) in [6.45, 7) is 8.00. The Labute approximate surface area is 164 Å². The third kappa shape index (κ3) is 6.29. The van der Waals surface area contributed by atoms with Crippen molar-refractivity contribution < 1.29 is 19.1 Å². The zero-order valence-corrected chi connectivity index (χ0v) is 16.7. The highest BCUT2D eigenvalue weighted by molar-refractivity contribution is 6.34. The molecular formula is C21H24ClNO4. The average Bonchev–Trinajstić information content (AvgIpc) is 2.61. The van der Waals surface area contributed by atoms with Crippen molar-refractivity contribution in [2.75, 3.05) is 18.5 Å². The molecule has 2 aromatic carbocycles. The fraction of sp³-hybridized carbons (Fsp3) is 0.333. The lowest BCUT2D eigenvalue weighted by molar-refractivity contribution is -0.119. The number of halogens is 1. The van der Waals surface area contributed by atoms with Gasteiger partial charge in [-0.2, -0.15) is 0 Å². The van der Waals surface area contributed by atoms with Gasteiger partial charge in [0.25, 0.3) is 5.91 Å². The molecule has 0 saturated carbocycles. The van der Waals surface area contributed by atoms with Gasteiger partial charge in [0.15, 0.2) is 6.61 Å². The molecule has 0 heterocycles. The molecule has 0 fully saturated rings. The van der Waals surface area contributed by atoms with Gasteiger partial charge in [-0.3, -0.25) is 4.79 Å². The van der Waals surface area contributed by atoms with Gasteiger partial charge in [0.05, 0.1) is 22.9 Å². The second-order valence-electron chi connectivity index (χ2n) is 6.80. The molecule has 2 aromatic rings. The molecule has 0 spiro atoms. The standard InChI is InChI=1S/C21H24ClNO4/c1-13(2)11-26-17-7-5-6-16(10-17)21(25)27-12-19(24)23-20-15(4)8-14(3)9-18(20)22/h5-10,13H,11-12H2,1-4H3,(H,23,24). The maximum Gasteiger partial charge on any atom is 0.338 e. The van der Waals surface area contributed by atoms with Crippen molar-refractivity contribution in [1.29, 1.82) is 0 Å². The second kappa shape index (κ2) is 9.42. The molecule has 6 heteroatoms. The number of carbonyl (C=O) groups is 2. The molecule has 1 N–H and O–H groups in total. The van der Waals surface area contributed by atoms with Crippen molar-refractivity contribution >= 4 is 29.2 Å². The number of hydrogen-bond donors (Lipinski definition) is 1. The number of hydrogen-bond acceptors (Lipinski definition) is 4. The first-order valence-corrected chi connectivity index (χ1v) is 9.10. The monoisotopic (exact) mass is 389 g/mol. The summed E-state index contributed by atoms with van der Waals surface area (Å²) in [6.07, 6.45) is 0. The van der Waals surface area contributed by atoms with E-state index in [1.807, 2.05) is 33.8 Å². The Morgan fingerprint density at radius 2 is 1.89 bits per heavy atom. The summed E-state index contributed by atoms with van der Waals surface area (Å²) in [5.41, 5.74) is 2.69. The Morgan fingerprint density at radius 1 is 1.15 bits per heavy atom. The predicted octanol–water partition coefficient (Wildman–Crippen LogP) is 4.79. The predicted molar refractivity (Wildman–Crippen MR) is 107 cm³/mol. The van der Waals surface area contributed by atoms with Gasteiger partial charge in [-0.25, -0.2) is 4.79 Å². The summed E-state index contributed by atoms with van der Waals surface area (Å²) in [4.78, 5) is 24.3. The molecular weight excluding hydrogens is 366 g/mol. The number of ether oxygens (including phenoxy) is 2. The number of anilines is 1. The molecule has 0 bridgehead atoms. The molecule has 5 nitrogen and oxygen atoms in total. The van der Waals surface area contributed by atoms with Crippen molar-refractivity contribution in [3.8, 4) is 5.75 Å². The van der Waals surface area contributed by atoms with Crippen molar-refractivity contribution in [1.82, 2.24) is 0 Å². The number of carbonyl (C=O) groups excluding carboxylic acids is 2. The van der Waals surface area contributed by atoms with Gasteiger partial charge < -0.3 is 14.8 Å². The van der Waals surface area contributed by atoms with Crippen LogP contribution in [0.5, 0.6) is 5.75 Å². The van der Waals surface area contributed by atoms with Crippen LogP contribution < -0.4 is 10.1 Å². The largest absolute Gasteiger partial charge is 0.493 e. The van der Waals surface area contributed by atoms with Crippen LogP contribution in [0.1, 0.15) is 35.3 Å². The molecule has 1 amide bonds.